The zero-order chi connectivity index (χ0) is 19.1. The molecule has 27 heavy (non-hydrogen) atoms. The maximum Gasteiger partial charge on any atom is 0.234 e. The lowest BCUT2D eigenvalue weighted by Gasteiger charge is -2.35. The maximum atomic E-state index is 12.2. The molecule has 2 aromatic carbocycles. The van der Waals surface area contributed by atoms with Gasteiger partial charge in [0, 0.05) is 38.4 Å². The zero-order valence-electron chi connectivity index (χ0n) is 15.7. The zero-order valence-corrected chi connectivity index (χ0v) is 15.7. The van der Waals surface area contributed by atoms with Crippen molar-refractivity contribution in [2.45, 2.75) is 6.42 Å². The van der Waals surface area contributed by atoms with Gasteiger partial charge in [-0.1, -0.05) is 12.1 Å². The van der Waals surface area contributed by atoms with Crippen LogP contribution < -0.4 is 15.0 Å². The number of nitrogens with zero attached hydrogens (tertiary/aromatic N) is 2. The average molecular weight is 369 g/mol. The molecule has 0 unspecified atom stereocenters. The molecule has 0 bridgehead atoms. The normalized spacial score (nSPS) is 14.8. The van der Waals surface area contributed by atoms with Crippen LogP contribution in [0.3, 0.4) is 0 Å². The van der Waals surface area contributed by atoms with Gasteiger partial charge in [-0.15, -0.1) is 0 Å². The van der Waals surface area contributed by atoms with Gasteiger partial charge in [-0.05, 0) is 48.4 Å². The van der Waals surface area contributed by atoms with Crippen LogP contribution in [0.4, 0.5) is 5.69 Å². The number of carbonyl (C=O) groups is 1. The molecule has 0 aromatic heterocycles. The topological polar surface area (TPSA) is 65.0 Å². The summed E-state index contributed by atoms with van der Waals surface area (Å²) >= 11 is 0. The fraction of sp³-hybridized carbons (Fsp3) is 0.381. The number of benzene rings is 2. The minimum absolute atomic E-state index is 0.0709. The van der Waals surface area contributed by atoms with Crippen LogP contribution in [0, 0.1) is 0 Å². The van der Waals surface area contributed by atoms with Gasteiger partial charge in [-0.2, -0.15) is 0 Å². The summed E-state index contributed by atoms with van der Waals surface area (Å²) in [5.41, 5.74) is 2.29. The van der Waals surface area contributed by atoms with Gasteiger partial charge in [0.25, 0.3) is 0 Å². The van der Waals surface area contributed by atoms with E-state index >= 15 is 0 Å². The summed E-state index contributed by atoms with van der Waals surface area (Å²) < 4.78 is 5.15. The smallest absolute Gasteiger partial charge is 0.234 e. The average Bonchev–Trinajstić information content (AvgIpc) is 2.70. The number of carbonyl (C=O) groups excluding carboxylic acids is 1. The van der Waals surface area contributed by atoms with E-state index in [1.165, 1.54) is 5.56 Å². The van der Waals surface area contributed by atoms with Gasteiger partial charge >= 0.3 is 0 Å². The van der Waals surface area contributed by atoms with Gasteiger partial charge in [-0.25, -0.2) is 0 Å². The number of methoxy groups -OCH3 is 1. The first-order chi connectivity index (χ1) is 13.1. The number of hydrogen-bond acceptors (Lipinski definition) is 5. The van der Waals surface area contributed by atoms with Crippen molar-refractivity contribution in [2.75, 3.05) is 51.3 Å². The summed E-state index contributed by atoms with van der Waals surface area (Å²) in [7, 11) is 1.65. The molecule has 1 heterocycles. The summed E-state index contributed by atoms with van der Waals surface area (Å²) in [4.78, 5) is 16.6. The van der Waals surface area contributed by atoms with Crippen LogP contribution in [0.5, 0.6) is 11.5 Å². The summed E-state index contributed by atoms with van der Waals surface area (Å²) in [6.07, 6.45) is 0.810. The number of ether oxygens (including phenoxy) is 1. The van der Waals surface area contributed by atoms with Crippen LogP contribution >= 0.6 is 0 Å². The third kappa shape index (κ3) is 5.62. The van der Waals surface area contributed by atoms with Crippen LogP contribution in [-0.2, 0) is 11.2 Å². The van der Waals surface area contributed by atoms with E-state index in [1.807, 2.05) is 36.4 Å². The van der Waals surface area contributed by atoms with Crippen molar-refractivity contribution < 1.29 is 14.6 Å². The standard InChI is InChI=1S/C21H27N3O3/c1-27-20-8-2-17(3-9-20)10-11-22-21(26)16-23-12-14-24(15-13-23)18-4-6-19(25)7-5-18/h2-9,25H,10-16H2,1H3,(H,22,26). The predicted molar refractivity (Wildman–Crippen MR) is 106 cm³/mol. The number of nitrogens with one attached hydrogen (secondary N) is 1. The van der Waals surface area contributed by atoms with Gasteiger partial charge in [0.2, 0.25) is 5.91 Å². The van der Waals surface area contributed by atoms with Crippen molar-refractivity contribution in [1.82, 2.24) is 10.2 Å². The number of phenolic OH excluding ortho intramolecular Hbond substituents is 1. The molecule has 6 heteroatoms. The van der Waals surface area contributed by atoms with Crippen LogP contribution in [0.15, 0.2) is 48.5 Å². The number of phenols is 1. The first-order valence-electron chi connectivity index (χ1n) is 9.30. The molecule has 0 spiro atoms. The lowest BCUT2D eigenvalue weighted by Crippen LogP contribution is -2.49. The first-order valence-corrected chi connectivity index (χ1v) is 9.30. The first kappa shape index (κ1) is 19.0. The Morgan fingerprint density at radius 1 is 1.04 bits per heavy atom. The van der Waals surface area contributed by atoms with Crippen molar-refractivity contribution in [3.63, 3.8) is 0 Å². The number of aromatic hydroxyl groups is 1. The third-order valence-corrected chi connectivity index (χ3v) is 4.85. The summed E-state index contributed by atoms with van der Waals surface area (Å²) in [6.45, 7) is 4.54. The quantitative estimate of drug-likeness (QED) is 0.780. The highest BCUT2D eigenvalue weighted by atomic mass is 16.5. The Labute approximate surface area is 160 Å². The Morgan fingerprint density at radius 2 is 1.70 bits per heavy atom. The van der Waals surface area contributed by atoms with Crippen LogP contribution in [0.1, 0.15) is 5.56 Å². The Hall–Kier alpha value is -2.73. The maximum absolute atomic E-state index is 12.2. The van der Waals surface area contributed by atoms with E-state index in [0.717, 1.165) is 44.0 Å². The molecule has 2 N–H and O–H groups in total. The SMILES string of the molecule is COc1ccc(CCNC(=O)CN2CCN(c3ccc(O)cc3)CC2)cc1. The third-order valence-electron chi connectivity index (χ3n) is 4.85. The monoisotopic (exact) mass is 369 g/mol. The molecular formula is C21H27N3O3. The Kier molecular flexibility index (Phi) is 6.54. The molecule has 1 amide bonds. The largest absolute Gasteiger partial charge is 0.508 e. The van der Waals surface area contributed by atoms with Crippen molar-refractivity contribution >= 4 is 11.6 Å². The molecule has 1 fully saturated rings. The molecule has 144 valence electrons. The molecular weight excluding hydrogens is 342 g/mol. The van der Waals surface area contributed by atoms with E-state index in [0.29, 0.717) is 13.1 Å². The second kappa shape index (κ2) is 9.28. The number of rotatable bonds is 7. The van der Waals surface area contributed by atoms with E-state index < -0.39 is 0 Å². The van der Waals surface area contributed by atoms with Crippen LogP contribution in [-0.4, -0.2) is 62.3 Å². The van der Waals surface area contributed by atoms with Crippen molar-refractivity contribution in [2.24, 2.45) is 0 Å². The second-order valence-corrected chi connectivity index (χ2v) is 6.73. The summed E-state index contributed by atoms with van der Waals surface area (Å²) in [5, 5.41) is 12.4. The van der Waals surface area contributed by atoms with Gasteiger partial charge in [0.1, 0.15) is 11.5 Å². The number of piperazine rings is 1. The Bertz CT molecular complexity index is 723. The molecule has 0 radical (unpaired) electrons. The highest BCUT2D eigenvalue weighted by Gasteiger charge is 2.19. The molecule has 1 aliphatic rings. The fourth-order valence-electron chi connectivity index (χ4n) is 3.23. The minimum atomic E-state index is 0.0709. The summed E-state index contributed by atoms with van der Waals surface area (Å²) in [6, 6.07) is 15.2. The molecule has 1 saturated heterocycles. The van der Waals surface area contributed by atoms with Gasteiger partial charge < -0.3 is 20.1 Å². The Morgan fingerprint density at radius 3 is 2.33 bits per heavy atom. The molecule has 6 nitrogen and oxygen atoms in total. The molecule has 0 saturated carbocycles. The van der Waals surface area contributed by atoms with Gasteiger partial charge in [0.05, 0.1) is 13.7 Å². The number of amides is 1. The summed E-state index contributed by atoms with van der Waals surface area (Å²) in [5.74, 6) is 1.19. The van der Waals surface area contributed by atoms with Gasteiger partial charge in [0.15, 0.2) is 0 Å². The fourth-order valence-corrected chi connectivity index (χ4v) is 3.23. The molecule has 2 aromatic rings. The molecule has 3 rings (SSSR count). The van der Waals surface area contributed by atoms with Crippen LogP contribution in [0.25, 0.3) is 0 Å². The van der Waals surface area contributed by atoms with Crippen molar-refractivity contribution in [3.8, 4) is 11.5 Å². The molecule has 0 atom stereocenters. The number of hydrogen-bond donors (Lipinski definition) is 2. The Balaban J connectivity index is 1.35. The molecule has 1 aliphatic heterocycles. The van der Waals surface area contributed by atoms with E-state index in [4.69, 9.17) is 4.74 Å². The van der Waals surface area contributed by atoms with Crippen molar-refractivity contribution in [3.05, 3.63) is 54.1 Å². The minimum Gasteiger partial charge on any atom is -0.508 e. The second-order valence-electron chi connectivity index (χ2n) is 6.73. The lowest BCUT2D eigenvalue weighted by molar-refractivity contribution is -0.122. The highest BCUT2D eigenvalue weighted by Crippen LogP contribution is 2.19. The van der Waals surface area contributed by atoms with E-state index in [9.17, 15) is 9.90 Å². The van der Waals surface area contributed by atoms with Crippen molar-refractivity contribution in [1.29, 1.82) is 0 Å². The molecule has 0 aliphatic carbocycles. The van der Waals surface area contributed by atoms with E-state index in [1.54, 1.807) is 19.2 Å². The van der Waals surface area contributed by atoms with E-state index in [-0.39, 0.29) is 11.7 Å². The number of anilines is 1. The van der Waals surface area contributed by atoms with E-state index in [2.05, 4.69) is 15.1 Å². The lowest BCUT2D eigenvalue weighted by atomic mass is 10.1. The van der Waals surface area contributed by atoms with Gasteiger partial charge in [-0.3, -0.25) is 9.69 Å². The predicted octanol–water partition coefficient (Wildman–Crippen LogP) is 1.88. The highest BCUT2D eigenvalue weighted by molar-refractivity contribution is 5.78. The van der Waals surface area contributed by atoms with Crippen LogP contribution in [0.2, 0.25) is 0 Å².